The highest BCUT2D eigenvalue weighted by molar-refractivity contribution is 7.94. The zero-order chi connectivity index (χ0) is 48.2. The van der Waals surface area contributed by atoms with Crippen LogP contribution in [-0.2, 0) is 46.6 Å². The van der Waals surface area contributed by atoms with Crippen LogP contribution in [-0.4, -0.2) is 93.5 Å². The molecule has 0 amide bonds. The quantitative estimate of drug-likeness (QED) is 0.109. The molecule has 2 aliphatic heterocycles. The van der Waals surface area contributed by atoms with Crippen LogP contribution in [0.5, 0.6) is 11.5 Å². The van der Waals surface area contributed by atoms with Gasteiger partial charge in [-0.1, -0.05) is 80.9 Å². The summed E-state index contributed by atoms with van der Waals surface area (Å²) in [7, 11) is -3.37. The van der Waals surface area contributed by atoms with Crippen LogP contribution in [0.25, 0.3) is 22.3 Å². The van der Waals surface area contributed by atoms with Crippen molar-refractivity contribution >= 4 is 54.3 Å². The van der Waals surface area contributed by atoms with Gasteiger partial charge in [-0.25, -0.2) is 16.8 Å². The number of nitrogens with zero attached hydrogens (tertiary/aromatic N) is 6. The predicted octanol–water partition coefficient (Wildman–Crippen LogP) is 4.93. The van der Waals surface area contributed by atoms with Crippen LogP contribution in [0.3, 0.4) is 0 Å². The van der Waals surface area contributed by atoms with E-state index in [-0.39, 0.29) is 11.8 Å². The van der Waals surface area contributed by atoms with Gasteiger partial charge in [0.2, 0.25) is 0 Å². The molecule has 4 atom stereocenters. The lowest BCUT2D eigenvalue weighted by Crippen LogP contribution is -2.28. The number of carbonyl (C=O) groups is 2. The Hall–Kier alpha value is -5.38. The van der Waals surface area contributed by atoms with Crippen LogP contribution in [0.1, 0.15) is 93.6 Å². The molecule has 20 heteroatoms. The second kappa shape index (κ2) is 18.5. The van der Waals surface area contributed by atoms with Gasteiger partial charge in [-0.15, -0.1) is 0 Å². The number of sulfone groups is 2. The summed E-state index contributed by atoms with van der Waals surface area (Å²) in [6, 6.07) is 24.9. The molecule has 68 heavy (non-hydrogen) atoms. The van der Waals surface area contributed by atoms with E-state index in [1.54, 1.807) is 58.4 Å². The second-order valence-electron chi connectivity index (χ2n) is 18.6. The largest absolute Gasteiger partial charge is 0.493 e. The van der Waals surface area contributed by atoms with Gasteiger partial charge in [-0.2, -0.15) is 0 Å². The van der Waals surface area contributed by atoms with Crippen molar-refractivity contribution in [3.8, 4) is 33.8 Å². The third kappa shape index (κ3) is 9.76. The smallest absolute Gasteiger partial charge is 0.273 e. The normalized spacial score (nSPS) is 20.9. The van der Waals surface area contributed by atoms with E-state index in [1.165, 1.54) is 23.1 Å². The van der Waals surface area contributed by atoms with E-state index >= 15 is 0 Å². The predicted molar refractivity (Wildman–Crippen MR) is 253 cm³/mol. The van der Waals surface area contributed by atoms with Crippen LogP contribution in [0.4, 0.5) is 0 Å². The summed E-state index contributed by atoms with van der Waals surface area (Å²) in [6.07, 6.45) is 2.11. The third-order valence-electron chi connectivity index (χ3n) is 13.5. The number of aryl methyl sites for hydroxylation is 2. The summed E-state index contributed by atoms with van der Waals surface area (Å²) in [6.45, 7) is 4.06. The van der Waals surface area contributed by atoms with Crippen molar-refractivity contribution in [2.75, 3.05) is 24.7 Å². The van der Waals surface area contributed by atoms with E-state index < -0.39 is 64.4 Å². The SMILES string of the molecule is C[n+]1nnc(C[C@@H]2COc3cc(-c4ccccc4C(=O)CS(=O)(=O)C4(C)CC4)ccc3[C@H]2O)s1.C[n+]1nnc(C[C@H]2COc3cc(-c4ccccc4C(=O)CS(=O)(=O)C4(C)CC4)ccc3[C@@H]2O)s1. The zero-order valence-electron chi connectivity index (χ0n) is 37.9. The molecule has 0 radical (unpaired) electrons. The van der Waals surface area contributed by atoms with Gasteiger partial charge in [-0.3, -0.25) is 9.59 Å². The molecular formula is C48H52N6O10S4+2. The van der Waals surface area contributed by atoms with Gasteiger partial charge in [-0.05, 0) is 73.9 Å². The van der Waals surface area contributed by atoms with Gasteiger partial charge in [0.15, 0.2) is 41.7 Å². The van der Waals surface area contributed by atoms with Gasteiger partial charge in [0.05, 0.1) is 45.1 Å². The van der Waals surface area contributed by atoms with Crippen molar-refractivity contribution in [1.82, 2.24) is 20.6 Å². The van der Waals surface area contributed by atoms with Crippen molar-refractivity contribution < 1.29 is 54.3 Å². The molecule has 4 aliphatic rings. The molecule has 0 saturated heterocycles. The van der Waals surface area contributed by atoms with Gasteiger partial charge in [0, 0.05) is 46.9 Å². The Morgan fingerprint density at radius 2 is 1.01 bits per heavy atom. The van der Waals surface area contributed by atoms with Crippen molar-refractivity contribution in [2.24, 2.45) is 25.9 Å². The van der Waals surface area contributed by atoms with Gasteiger partial charge < -0.3 is 19.7 Å². The Bertz CT molecular complexity index is 2940. The summed E-state index contributed by atoms with van der Waals surface area (Å²) < 4.78 is 64.4. The molecule has 356 valence electrons. The molecule has 4 aromatic carbocycles. The van der Waals surface area contributed by atoms with Gasteiger partial charge in [0.25, 0.3) is 10.0 Å². The first-order valence-corrected chi connectivity index (χ1v) is 27.2. The minimum Gasteiger partial charge on any atom is -0.493 e. The highest BCUT2D eigenvalue weighted by Gasteiger charge is 2.51. The van der Waals surface area contributed by atoms with Crippen LogP contribution in [0.2, 0.25) is 0 Å². The van der Waals surface area contributed by atoms with Crippen LogP contribution >= 0.6 is 23.1 Å². The average Bonchev–Trinajstić information content (AvgIpc) is 4.18. The number of ketones is 2. The minimum atomic E-state index is -3.50. The Morgan fingerprint density at radius 1 is 0.632 bits per heavy atom. The molecular weight excluding hydrogens is 949 g/mol. The maximum Gasteiger partial charge on any atom is 0.273 e. The minimum absolute atomic E-state index is 0.144. The fraction of sp³-hybridized carbons (Fsp3) is 0.417. The maximum atomic E-state index is 13.0. The highest BCUT2D eigenvalue weighted by atomic mass is 32.2. The first kappa shape index (κ1) is 47.7. The fourth-order valence-corrected chi connectivity index (χ4v) is 13.2. The van der Waals surface area contributed by atoms with E-state index in [1.807, 2.05) is 62.6 Å². The van der Waals surface area contributed by atoms with Crippen molar-refractivity contribution in [2.45, 2.75) is 74.1 Å². The lowest BCUT2D eigenvalue weighted by Gasteiger charge is -2.29. The summed E-state index contributed by atoms with van der Waals surface area (Å²) in [5.74, 6) is -0.977. The van der Waals surface area contributed by atoms with E-state index in [0.717, 1.165) is 21.1 Å². The van der Waals surface area contributed by atoms with Crippen LogP contribution < -0.4 is 17.6 Å². The zero-order valence-corrected chi connectivity index (χ0v) is 41.2. The number of hydrogen-bond donors (Lipinski definition) is 2. The molecule has 16 nitrogen and oxygen atoms in total. The fourth-order valence-electron chi connectivity index (χ4n) is 8.56. The number of hydrogen-bond acceptors (Lipinski definition) is 16. The summed E-state index contributed by atoms with van der Waals surface area (Å²) in [4.78, 5) is 26.1. The van der Waals surface area contributed by atoms with E-state index in [0.29, 0.717) is 96.6 Å². The molecule has 2 fully saturated rings. The molecule has 0 bridgehead atoms. The molecule has 2 N–H and O–H groups in total. The molecule has 2 aliphatic carbocycles. The average molecular weight is 1000 g/mol. The van der Waals surface area contributed by atoms with Crippen molar-refractivity contribution in [3.63, 3.8) is 0 Å². The lowest BCUT2D eigenvalue weighted by atomic mass is 9.89. The maximum absolute atomic E-state index is 13.0. The number of aliphatic hydroxyl groups is 2. The van der Waals surface area contributed by atoms with E-state index in [4.69, 9.17) is 9.47 Å². The molecule has 6 aromatic rings. The number of Topliss-reactive ketones (excluding diaryl/α,β-unsaturated/α-hetero) is 2. The second-order valence-corrected chi connectivity index (χ2v) is 26.0. The van der Waals surface area contributed by atoms with Crippen LogP contribution in [0, 0.1) is 11.8 Å². The summed E-state index contributed by atoms with van der Waals surface area (Å²) >= 11 is 2.86. The first-order chi connectivity index (χ1) is 32.3. The highest BCUT2D eigenvalue weighted by Crippen LogP contribution is 2.46. The standard InChI is InChI=1S/2C24H26N3O5S2/c2*1-24(9-10-24)34(30,31)14-20(28)18-6-4-3-5-17(18)15-7-8-19-21(11-15)32-13-16(23(19)29)12-22-25-26-27(2)33-22/h2*3-8,11,16,23,29H,9-10,12-14H2,1-2H3/q2*+1/t2*16-,23+/m10/s1. The summed E-state index contributed by atoms with van der Waals surface area (Å²) in [5.41, 5.74) is 4.87. The molecule has 0 unspecified atom stereocenters. The van der Waals surface area contributed by atoms with Crippen LogP contribution in [0.15, 0.2) is 84.9 Å². The number of aliphatic hydroxyl groups excluding tert-OH is 2. The lowest BCUT2D eigenvalue weighted by molar-refractivity contribution is -0.668. The third-order valence-corrected chi connectivity index (χ3v) is 20.2. The number of aromatic nitrogens is 6. The number of fused-ring (bicyclic) bond motifs is 2. The number of carbonyl (C=O) groups excluding carboxylic acids is 2. The first-order valence-electron chi connectivity index (χ1n) is 22.3. The topological polar surface area (TPSA) is 221 Å². The molecule has 2 saturated carbocycles. The molecule has 10 rings (SSSR count). The van der Waals surface area contributed by atoms with Crippen molar-refractivity contribution in [1.29, 1.82) is 0 Å². The van der Waals surface area contributed by atoms with Crippen molar-refractivity contribution in [3.05, 3.63) is 117 Å². The molecule has 2 aromatic heterocycles. The Morgan fingerprint density at radius 3 is 1.37 bits per heavy atom. The number of benzene rings is 4. The van der Waals surface area contributed by atoms with Gasteiger partial charge >= 0.3 is 0 Å². The van der Waals surface area contributed by atoms with Gasteiger partial charge in [0.1, 0.15) is 60.2 Å². The molecule has 0 spiro atoms. The summed E-state index contributed by atoms with van der Waals surface area (Å²) in [5, 5.41) is 39.7. The van der Waals surface area contributed by atoms with E-state index in [9.17, 15) is 36.6 Å². The monoisotopic (exact) mass is 1000 g/mol. The molecule has 4 heterocycles. The Labute approximate surface area is 402 Å². The number of rotatable bonds is 14. The Kier molecular flexibility index (Phi) is 13.0. The Balaban J connectivity index is 0.000000170. The van der Waals surface area contributed by atoms with E-state index in [2.05, 4.69) is 20.6 Å². The number of ether oxygens (including phenoxy) is 2.